The minimum Gasteiger partial charge on any atom is -0.507 e. The zero-order valence-electron chi connectivity index (χ0n) is 18.4. The van der Waals surface area contributed by atoms with Gasteiger partial charge in [0, 0.05) is 19.6 Å². The Bertz CT molecular complexity index is 1210. The molecule has 0 amide bonds. The van der Waals surface area contributed by atoms with E-state index in [0.29, 0.717) is 13.1 Å². The van der Waals surface area contributed by atoms with Gasteiger partial charge in [-0.15, -0.1) is 0 Å². The summed E-state index contributed by atoms with van der Waals surface area (Å²) in [5.41, 5.74) is -0.279. The number of alkyl halides is 3. The summed E-state index contributed by atoms with van der Waals surface area (Å²) in [4.78, 5) is 15.1. The van der Waals surface area contributed by atoms with Gasteiger partial charge < -0.3 is 19.0 Å². The number of phenols is 1. The van der Waals surface area contributed by atoms with Crippen LogP contribution < -0.4 is 10.2 Å². The Balaban J connectivity index is 1.84. The fourth-order valence-electron chi connectivity index (χ4n) is 4.08. The van der Waals surface area contributed by atoms with E-state index in [1.165, 1.54) is 24.3 Å². The number of hydrogen-bond acceptors (Lipinski definition) is 6. The summed E-state index contributed by atoms with van der Waals surface area (Å²) in [5, 5.41) is 10.3. The highest BCUT2D eigenvalue weighted by Crippen LogP contribution is 2.40. The largest absolute Gasteiger partial charge is 0.507 e. The maximum atomic E-state index is 13.9. The topological polar surface area (TPSA) is 72.1 Å². The molecule has 1 saturated heterocycles. The first-order valence-electron chi connectivity index (χ1n) is 10.5. The van der Waals surface area contributed by atoms with Crippen molar-refractivity contribution in [2.75, 3.05) is 13.1 Å². The van der Waals surface area contributed by atoms with E-state index in [4.69, 9.17) is 13.9 Å². The van der Waals surface area contributed by atoms with Gasteiger partial charge in [0.1, 0.15) is 17.1 Å². The Morgan fingerprint density at radius 1 is 1.09 bits per heavy atom. The van der Waals surface area contributed by atoms with Crippen molar-refractivity contribution in [1.82, 2.24) is 4.90 Å². The van der Waals surface area contributed by atoms with E-state index < -0.39 is 23.1 Å². The van der Waals surface area contributed by atoms with E-state index in [1.807, 2.05) is 25.7 Å². The first-order chi connectivity index (χ1) is 15.5. The molecule has 2 atom stereocenters. The number of hydrogen-bond donors (Lipinski definition) is 1. The molecule has 4 rings (SSSR count). The van der Waals surface area contributed by atoms with Crippen LogP contribution in [-0.4, -0.2) is 35.3 Å². The van der Waals surface area contributed by atoms with Crippen molar-refractivity contribution in [2.45, 2.75) is 45.7 Å². The molecule has 33 heavy (non-hydrogen) atoms. The molecule has 3 aromatic rings. The van der Waals surface area contributed by atoms with Crippen molar-refractivity contribution in [1.29, 1.82) is 0 Å². The number of halogens is 3. The molecule has 176 valence electrons. The third kappa shape index (κ3) is 4.84. The van der Waals surface area contributed by atoms with Gasteiger partial charge in [-0.1, -0.05) is 17.7 Å². The van der Waals surface area contributed by atoms with Gasteiger partial charge >= 0.3 is 6.18 Å². The lowest BCUT2D eigenvalue weighted by Gasteiger charge is -2.35. The highest BCUT2D eigenvalue weighted by molar-refractivity contribution is 5.83. The molecule has 1 aromatic heterocycles. The first kappa shape index (κ1) is 23.1. The first-order valence-corrected chi connectivity index (χ1v) is 10.5. The van der Waals surface area contributed by atoms with Crippen LogP contribution in [0, 0.1) is 6.92 Å². The SMILES string of the molecule is Cc1ccc(Oc2c(C(F)(F)F)oc3c(CN4C[C@@H](C)O[C@H](C)C4)c(O)ccc3c2=O)cc1. The van der Waals surface area contributed by atoms with Crippen molar-refractivity contribution >= 4 is 11.0 Å². The van der Waals surface area contributed by atoms with Crippen molar-refractivity contribution in [3.05, 3.63) is 63.5 Å². The molecular weight excluding hydrogens is 439 g/mol. The lowest BCUT2D eigenvalue weighted by molar-refractivity contribution is -0.154. The van der Waals surface area contributed by atoms with Crippen LogP contribution in [-0.2, 0) is 17.5 Å². The molecule has 1 aliphatic heterocycles. The number of aromatic hydroxyl groups is 1. The maximum absolute atomic E-state index is 13.9. The Labute approximate surface area is 188 Å². The molecule has 0 unspecified atom stereocenters. The number of ether oxygens (including phenoxy) is 2. The van der Waals surface area contributed by atoms with Crippen molar-refractivity contribution in [2.24, 2.45) is 0 Å². The Hall–Kier alpha value is -3.04. The highest BCUT2D eigenvalue weighted by atomic mass is 19.4. The van der Waals surface area contributed by atoms with E-state index in [-0.39, 0.29) is 46.8 Å². The van der Waals surface area contributed by atoms with Crippen LogP contribution in [0.5, 0.6) is 17.2 Å². The number of morpholine rings is 1. The molecule has 1 N–H and O–H groups in total. The Morgan fingerprint density at radius 2 is 1.73 bits per heavy atom. The molecule has 9 heteroatoms. The second kappa shape index (κ2) is 8.72. The molecule has 2 aromatic carbocycles. The smallest absolute Gasteiger partial charge is 0.453 e. The number of rotatable bonds is 4. The normalized spacial score (nSPS) is 19.7. The molecule has 0 saturated carbocycles. The zero-order valence-corrected chi connectivity index (χ0v) is 18.4. The van der Waals surface area contributed by atoms with Crippen molar-refractivity contribution in [3.63, 3.8) is 0 Å². The molecule has 6 nitrogen and oxygen atoms in total. The van der Waals surface area contributed by atoms with Crippen LogP contribution in [0.3, 0.4) is 0 Å². The molecule has 2 heterocycles. The molecular formula is C24H24F3NO5. The molecule has 1 fully saturated rings. The van der Waals surface area contributed by atoms with Gasteiger partial charge in [-0.25, -0.2) is 0 Å². The maximum Gasteiger partial charge on any atom is 0.453 e. The van der Waals surface area contributed by atoms with Gasteiger partial charge in [0.25, 0.3) is 5.76 Å². The molecule has 0 radical (unpaired) electrons. The molecule has 0 aliphatic carbocycles. The number of nitrogens with zero attached hydrogens (tertiary/aromatic N) is 1. The van der Waals surface area contributed by atoms with E-state index in [1.54, 1.807) is 12.1 Å². The van der Waals surface area contributed by atoms with Crippen LogP contribution >= 0.6 is 0 Å². The summed E-state index contributed by atoms with van der Waals surface area (Å²) in [6.45, 7) is 6.74. The van der Waals surface area contributed by atoms with Gasteiger partial charge in [-0.05, 0) is 45.0 Å². The van der Waals surface area contributed by atoms with Gasteiger partial charge in [0.05, 0.1) is 23.2 Å². The monoisotopic (exact) mass is 463 g/mol. The Kier molecular flexibility index (Phi) is 6.11. The van der Waals surface area contributed by atoms with Crippen molar-refractivity contribution < 1.29 is 32.2 Å². The van der Waals surface area contributed by atoms with Crippen molar-refractivity contribution in [3.8, 4) is 17.2 Å². The van der Waals surface area contributed by atoms with Crippen LogP contribution in [0.2, 0.25) is 0 Å². The van der Waals surface area contributed by atoms with Crippen LogP contribution in [0.4, 0.5) is 13.2 Å². The minimum atomic E-state index is -4.99. The van der Waals surface area contributed by atoms with Crippen LogP contribution in [0.15, 0.2) is 45.6 Å². The lowest BCUT2D eigenvalue weighted by atomic mass is 10.1. The fraction of sp³-hybridized carbons (Fsp3) is 0.375. The number of phenolic OH excluding ortho intramolecular Hbond substituents is 1. The third-order valence-electron chi connectivity index (χ3n) is 5.47. The summed E-state index contributed by atoms with van der Waals surface area (Å²) in [5.74, 6) is -2.66. The molecule has 0 spiro atoms. The Morgan fingerprint density at radius 3 is 2.33 bits per heavy atom. The van der Waals surface area contributed by atoms with E-state index in [9.17, 15) is 23.1 Å². The second-order valence-corrected chi connectivity index (χ2v) is 8.39. The summed E-state index contributed by atoms with van der Waals surface area (Å²) in [6, 6.07) is 8.79. The minimum absolute atomic E-state index is 0.0769. The quantitative estimate of drug-likeness (QED) is 0.572. The highest BCUT2D eigenvalue weighted by Gasteiger charge is 2.41. The summed E-state index contributed by atoms with van der Waals surface area (Å²) in [6.07, 6.45) is -5.16. The molecule has 1 aliphatic rings. The molecule has 0 bridgehead atoms. The van der Waals surface area contributed by atoms with Gasteiger partial charge in [0.15, 0.2) is 0 Å². The summed E-state index contributed by atoms with van der Waals surface area (Å²) < 4.78 is 58.1. The van der Waals surface area contributed by atoms with Gasteiger partial charge in [-0.2, -0.15) is 13.2 Å². The van der Waals surface area contributed by atoms with Gasteiger partial charge in [-0.3, -0.25) is 9.69 Å². The predicted molar refractivity (Wildman–Crippen MR) is 116 cm³/mol. The van der Waals surface area contributed by atoms with E-state index in [2.05, 4.69) is 0 Å². The average Bonchev–Trinajstić information content (AvgIpc) is 2.72. The summed E-state index contributed by atoms with van der Waals surface area (Å²) in [7, 11) is 0. The number of fused-ring (bicyclic) bond motifs is 1. The standard InChI is InChI=1S/C24H24F3NO5/c1-13-4-6-16(7-5-13)32-22-20(30)17-8-9-19(29)18(21(17)33-23(22)24(25,26)27)12-28-10-14(2)31-15(3)11-28/h4-9,14-15,29H,10-12H2,1-3H3/t14-,15-/m1/s1. The fourth-order valence-corrected chi connectivity index (χ4v) is 4.08. The second-order valence-electron chi connectivity index (χ2n) is 8.39. The lowest BCUT2D eigenvalue weighted by Crippen LogP contribution is -2.44. The van der Waals surface area contributed by atoms with Gasteiger partial charge in [0.2, 0.25) is 11.2 Å². The van der Waals surface area contributed by atoms with Crippen LogP contribution in [0.1, 0.15) is 30.7 Å². The predicted octanol–water partition coefficient (Wildman–Crippen LogP) is 5.23. The van der Waals surface area contributed by atoms with E-state index >= 15 is 0 Å². The van der Waals surface area contributed by atoms with E-state index in [0.717, 1.165) is 5.56 Å². The number of aryl methyl sites for hydroxylation is 1. The average molecular weight is 463 g/mol. The van der Waals surface area contributed by atoms with Crippen LogP contribution in [0.25, 0.3) is 11.0 Å². The zero-order chi connectivity index (χ0) is 23.9. The number of benzene rings is 2. The summed E-state index contributed by atoms with van der Waals surface area (Å²) >= 11 is 0. The third-order valence-corrected chi connectivity index (χ3v) is 5.47.